The van der Waals surface area contributed by atoms with E-state index in [1.165, 1.54) is 0 Å². The Morgan fingerprint density at radius 2 is 2.00 bits per heavy atom. The first-order valence-electron chi connectivity index (χ1n) is 6.73. The van der Waals surface area contributed by atoms with Crippen LogP contribution in [0, 0.1) is 6.92 Å². The van der Waals surface area contributed by atoms with Crippen LogP contribution in [0.3, 0.4) is 0 Å². The summed E-state index contributed by atoms with van der Waals surface area (Å²) < 4.78 is 27.5. The van der Waals surface area contributed by atoms with Crippen molar-refractivity contribution in [3.63, 3.8) is 0 Å². The van der Waals surface area contributed by atoms with Gasteiger partial charge in [0.2, 0.25) is 10.0 Å². The second-order valence-corrected chi connectivity index (χ2v) is 7.19. The van der Waals surface area contributed by atoms with Crippen LogP contribution in [0.2, 0.25) is 0 Å². The highest BCUT2D eigenvalue weighted by Gasteiger charge is 2.28. The normalized spacial score (nSPS) is 28.3. The molecular formula is C14H22N2O2S. The van der Waals surface area contributed by atoms with Gasteiger partial charge in [0, 0.05) is 18.1 Å². The van der Waals surface area contributed by atoms with Gasteiger partial charge in [-0.3, -0.25) is 0 Å². The Labute approximate surface area is 115 Å². The van der Waals surface area contributed by atoms with E-state index >= 15 is 0 Å². The van der Waals surface area contributed by atoms with Crippen LogP contribution < -0.4 is 10.0 Å². The van der Waals surface area contributed by atoms with Gasteiger partial charge in [-0.25, -0.2) is 13.1 Å². The lowest BCUT2D eigenvalue weighted by molar-refractivity contribution is 0.297. The molecule has 1 saturated heterocycles. The lowest BCUT2D eigenvalue weighted by Gasteiger charge is -2.34. The molecule has 3 unspecified atom stereocenters. The molecule has 3 atom stereocenters. The van der Waals surface area contributed by atoms with E-state index in [1.807, 2.05) is 19.9 Å². The highest BCUT2D eigenvalue weighted by molar-refractivity contribution is 7.89. The monoisotopic (exact) mass is 282 g/mol. The Balaban J connectivity index is 2.13. The third-order valence-corrected chi connectivity index (χ3v) is 5.16. The minimum atomic E-state index is -3.42. The van der Waals surface area contributed by atoms with Crippen LogP contribution in [0.15, 0.2) is 29.2 Å². The molecule has 0 aromatic heterocycles. The molecule has 0 amide bonds. The maximum absolute atomic E-state index is 12.3. The topological polar surface area (TPSA) is 58.2 Å². The quantitative estimate of drug-likeness (QED) is 0.889. The number of piperidine rings is 1. The molecule has 0 bridgehead atoms. The predicted molar refractivity (Wildman–Crippen MR) is 76.6 cm³/mol. The number of sulfonamides is 1. The van der Waals surface area contributed by atoms with E-state index in [9.17, 15) is 8.42 Å². The summed E-state index contributed by atoms with van der Waals surface area (Å²) in [5.74, 6) is 0. The van der Waals surface area contributed by atoms with Crippen LogP contribution in [0.25, 0.3) is 0 Å². The van der Waals surface area contributed by atoms with Crippen molar-refractivity contribution >= 4 is 10.0 Å². The maximum atomic E-state index is 12.3. The van der Waals surface area contributed by atoms with Gasteiger partial charge in [0.25, 0.3) is 0 Å². The van der Waals surface area contributed by atoms with E-state index in [0.29, 0.717) is 10.9 Å². The standard InChI is InChI=1S/C14H22N2O2S/c1-10-5-4-6-13(9-10)19(17,18)16-14-8-7-11(2)15-12(14)3/h4-6,9,11-12,14-16H,7-8H2,1-3H3. The van der Waals surface area contributed by atoms with Crippen LogP contribution in [-0.2, 0) is 10.0 Å². The smallest absolute Gasteiger partial charge is 0.240 e. The minimum Gasteiger partial charge on any atom is -0.310 e. The molecule has 0 aliphatic carbocycles. The molecule has 1 heterocycles. The molecule has 4 nitrogen and oxygen atoms in total. The van der Waals surface area contributed by atoms with Gasteiger partial charge in [0.1, 0.15) is 0 Å². The Morgan fingerprint density at radius 3 is 2.63 bits per heavy atom. The molecule has 5 heteroatoms. The number of aryl methyl sites for hydroxylation is 1. The van der Waals surface area contributed by atoms with Crippen molar-refractivity contribution in [2.24, 2.45) is 0 Å². The average Bonchev–Trinajstić information content (AvgIpc) is 2.33. The lowest BCUT2D eigenvalue weighted by Crippen LogP contribution is -2.54. The molecule has 0 radical (unpaired) electrons. The minimum absolute atomic E-state index is 0.0401. The van der Waals surface area contributed by atoms with E-state index < -0.39 is 10.0 Å². The van der Waals surface area contributed by atoms with Crippen LogP contribution in [0.1, 0.15) is 32.3 Å². The van der Waals surface area contributed by atoms with Gasteiger partial charge in [-0.2, -0.15) is 0 Å². The zero-order valence-corrected chi connectivity index (χ0v) is 12.5. The first-order valence-corrected chi connectivity index (χ1v) is 8.22. The summed E-state index contributed by atoms with van der Waals surface area (Å²) in [6.07, 6.45) is 1.87. The fourth-order valence-electron chi connectivity index (χ4n) is 2.54. The number of hydrogen-bond donors (Lipinski definition) is 2. The van der Waals surface area contributed by atoms with Crippen molar-refractivity contribution in [1.82, 2.24) is 10.0 Å². The third-order valence-electron chi connectivity index (χ3n) is 3.67. The van der Waals surface area contributed by atoms with Gasteiger partial charge in [0.05, 0.1) is 4.90 Å². The van der Waals surface area contributed by atoms with Crippen molar-refractivity contribution in [2.45, 2.75) is 56.6 Å². The van der Waals surface area contributed by atoms with Crippen molar-refractivity contribution in [2.75, 3.05) is 0 Å². The molecule has 19 heavy (non-hydrogen) atoms. The van der Waals surface area contributed by atoms with Crippen LogP contribution in [0.5, 0.6) is 0 Å². The first kappa shape index (κ1) is 14.5. The molecule has 1 aliphatic heterocycles. The lowest BCUT2D eigenvalue weighted by atomic mass is 9.96. The van der Waals surface area contributed by atoms with Crippen LogP contribution >= 0.6 is 0 Å². The van der Waals surface area contributed by atoms with Crippen LogP contribution in [-0.4, -0.2) is 26.5 Å². The van der Waals surface area contributed by atoms with Gasteiger partial charge < -0.3 is 5.32 Å². The fraction of sp³-hybridized carbons (Fsp3) is 0.571. The summed E-state index contributed by atoms with van der Waals surface area (Å²) in [6, 6.07) is 7.57. The summed E-state index contributed by atoms with van der Waals surface area (Å²) in [5, 5.41) is 3.39. The molecular weight excluding hydrogens is 260 g/mol. The fourth-order valence-corrected chi connectivity index (χ4v) is 3.99. The second kappa shape index (κ2) is 5.61. The summed E-state index contributed by atoms with van der Waals surface area (Å²) in [4.78, 5) is 0.346. The summed E-state index contributed by atoms with van der Waals surface area (Å²) in [6.45, 7) is 6.05. The molecule has 1 aromatic carbocycles. The molecule has 2 N–H and O–H groups in total. The Kier molecular flexibility index (Phi) is 4.28. The van der Waals surface area contributed by atoms with Crippen molar-refractivity contribution < 1.29 is 8.42 Å². The van der Waals surface area contributed by atoms with Gasteiger partial charge in [-0.1, -0.05) is 12.1 Å². The Morgan fingerprint density at radius 1 is 1.26 bits per heavy atom. The zero-order chi connectivity index (χ0) is 14.0. The average molecular weight is 282 g/mol. The first-order chi connectivity index (χ1) is 8.88. The van der Waals surface area contributed by atoms with Gasteiger partial charge >= 0.3 is 0 Å². The second-order valence-electron chi connectivity index (χ2n) is 5.48. The van der Waals surface area contributed by atoms with E-state index in [2.05, 4.69) is 17.0 Å². The molecule has 1 aromatic rings. The van der Waals surface area contributed by atoms with E-state index in [0.717, 1.165) is 18.4 Å². The number of nitrogens with one attached hydrogen (secondary N) is 2. The molecule has 1 aliphatic rings. The van der Waals surface area contributed by atoms with Crippen molar-refractivity contribution in [3.8, 4) is 0 Å². The number of hydrogen-bond acceptors (Lipinski definition) is 3. The van der Waals surface area contributed by atoms with Gasteiger partial charge in [-0.15, -0.1) is 0 Å². The SMILES string of the molecule is Cc1cccc(S(=O)(=O)NC2CCC(C)NC2C)c1. The van der Waals surface area contributed by atoms with E-state index in [-0.39, 0.29) is 12.1 Å². The predicted octanol–water partition coefficient (Wildman–Crippen LogP) is 1.80. The van der Waals surface area contributed by atoms with Crippen LogP contribution in [0.4, 0.5) is 0 Å². The number of rotatable bonds is 3. The highest BCUT2D eigenvalue weighted by Crippen LogP contribution is 2.17. The van der Waals surface area contributed by atoms with E-state index in [4.69, 9.17) is 0 Å². The third kappa shape index (κ3) is 3.55. The van der Waals surface area contributed by atoms with Gasteiger partial charge in [0.15, 0.2) is 0 Å². The highest BCUT2D eigenvalue weighted by atomic mass is 32.2. The molecule has 106 valence electrons. The Hall–Kier alpha value is -0.910. The zero-order valence-electron chi connectivity index (χ0n) is 11.7. The van der Waals surface area contributed by atoms with E-state index in [1.54, 1.807) is 18.2 Å². The summed E-state index contributed by atoms with van der Waals surface area (Å²) in [5.41, 5.74) is 0.950. The molecule has 0 saturated carbocycles. The van der Waals surface area contributed by atoms with Crippen molar-refractivity contribution in [3.05, 3.63) is 29.8 Å². The summed E-state index contributed by atoms with van der Waals surface area (Å²) in [7, 11) is -3.42. The molecule has 1 fully saturated rings. The van der Waals surface area contributed by atoms with Crippen molar-refractivity contribution in [1.29, 1.82) is 0 Å². The summed E-state index contributed by atoms with van der Waals surface area (Å²) >= 11 is 0. The molecule has 2 rings (SSSR count). The maximum Gasteiger partial charge on any atom is 0.240 e. The Bertz CT molecular complexity index is 542. The number of benzene rings is 1. The molecule has 0 spiro atoms. The van der Waals surface area contributed by atoms with Gasteiger partial charge in [-0.05, 0) is 51.3 Å². The largest absolute Gasteiger partial charge is 0.310 e.